The van der Waals surface area contributed by atoms with E-state index in [9.17, 15) is 5.11 Å². The van der Waals surface area contributed by atoms with Crippen LogP contribution in [-0.2, 0) is 12.0 Å². The van der Waals surface area contributed by atoms with Crippen molar-refractivity contribution in [2.24, 2.45) is 4.99 Å². The van der Waals surface area contributed by atoms with E-state index in [1.54, 1.807) is 13.1 Å². The number of aliphatic imine (C=N–C) groups is 1. The third-order valence-corrected chi connectivity index (χ3v) is 3.68. The van der Waals surface area contributed by atoms with Gasteiger partial charge < -0.3 is 15.7 Å². The highest BCUT2D eigenvalue weighted by Crippen LogP contribution is 2.20. The molecule has 136 valence electrons. The second-order valence-electron chi connectivity index (χ2n) is 5.83. The van der Waals surface area contributed by atoms with Gasteiger partial charge in [0.1, 0.15) is 5.60 Å². The number of nitrogens with zero attached hydrogens (tertiary/aromatic N) is 2. The Morgan fingerprint density at radius 1 is 1.12 bits per heavy atom. The van der Waals surface area contributed by atoms with Crippen LogP contribution in [0, 0.1) is 0 Å². The van der Waals surface area contributed by atoms with Crippen molar-refractivity contribution in [3.05, 3.63) is 66.0 Å². The topological polar surface area (TPSA) is 69.5 Å². The number of halogens is 1. The number of aliphatic hydroxyl groups is 1. The molecule has 1 aromatic heterocycles. The van der Waals surface area contributed by atoms with Gasteiger partial charge in [0.05, 0.1) is 6.54 Å². The van der Waals surface area contributed by atoms with Gasteiger partial charge in [0.15, 0.2) is 5.96 Å². The van der Waals surface area contributed by atoms with E-state index in [0.29, 0.717) is 5.96 Å². The summed E-state index contributed by atoms with van der Waals surface area (Å²) in [5.41, 5.74) is 0.903. The Morgan fingerprint density at radius 3 is 2.48 bits per heavy atom. The monoisotopic (exact) mass is 454 g/mol. The second kappa shape index (κ2) is 11.0. The van der Waals surface area contributed by atoms with E-state index >= 15 is 0 Å². The Labute approximate surface area is 167 Å². The molecule has 1 heterocycles. The summed E-state index contributed by atoms with van der Waals surface area (Å²) in [5.74, 6) is 0.699. The summed E-state index contributed by atoms with van der Waals surface area (Å²) in [4.78, 5) is 8.82. The number of nitrogens with one attached hydrogen (secondary N) is 2. The summed E-state index contributed by atoms with van der Waals surface area (Å²) >= 11 is 0. The van der Waals surface area contributed by atoms with E-state index in [2.05, 4.69) is 20.6 Å². The predicted octanol–water partition coefficient (Wildman–Crippen LogP) is 2.70. The van der Waals surface area contributed by atoms with Gasteiger partial charge >= 0.3 is 0 Å². The minimum atomic E-state index is -0.995. The fourth-order valence-corrected chi connectivity index (χ4v) is 2.32. The zero-order valence-corrected chi connectivity index (χ0v) is 17.1. The highest BCUT2D eigenvalue weighted by molar-refractivity contribution is 14.0. The van der Waals surface area contributed by atoms with Gasteiger partial charge in [-0.25, -0.2) is 4.99 Å². The lowest BCUT2D eigenvalue weighted by Crippen LogP contribution is -2.39. The molecule has 1 atom stereocenters. The van der Waals surface area contributed by atoms with Crippen LogP contribution in [0.2, 0.25) is 0 Å². The number of hydrogen-bond acceptors (Lipinski definition) is 3. The summed E-state index contributed by atoms with van der Waals surface area (Å²) in [5, 5.41) is 17.1. The van der Waals surface area contributed by atoms with E-state index in [4.69, 9.17) is 0 Å². The molecule has 2 rings (SSSR count). The molecule has 0 radical (unpaired) electrons. The van der Waals surface area contributed by atoms with Gasteiger partial charge in [0.25, 0.3) is 0 Å². The predicted molar refractivity (Wildman–Crippen MR) is 113 cm³/mol. The minimum absolute atomic E-state index is 0. The van der Waals surface area contributed by atoms with E-state index in [1.165, 1.54) is 0 Å². The first-order chi connectivity index (χ1) is 11.6. The quantitative estimate of drug-likeness (QED) is 0.342. The number of aromatic nitrogens is 1. The molecule has 0 fully saturated rings. The summed E-state index contributed by atoms with van der Waals surface area (Å²) in [6.07, 6.45) is 2.62. The molecule has 0 saturated carbocycles. The molecule has 0 aliphatic carbocycles. The largest absolute Gasteiger partial charge is 0.384 e. The van der Waals surface area contributed by atoms with Gasteiger partial charge in [-0.2, -0.15) is 0 Å². The number of benzene rings is 1. The standard InChI is InChI=1S/C19H26N4O.HI/c1-3-20-18(22-14-12-17-11-7-8-13-21-17)23-15-19(2,24)16-9-5-4-6-10-16;/h4-11,13,24H,3,12,14-15H2,1-2H3,(H2,20,22,23);1H. The summed E-state index contributed by atoms with van der Waals surface area (Å²) < 4.78 is 0. The smallest absolute Gasteiger partial charge is 0.191 e. The van der Waals surface area contributed by atoms with E-state index in [1.807, 2.05) is 55.5 Å². The van der Waals surface area contributed by atoms with Crippen LogP contribution in [0.5, 0.6) is 0 Å². The number of hydrogen-bond donors (Lipinski definition) is 3. The Hall–Kier alpha value is -1.67. The maximum atomic E-state index is 10.6. The highest BCUT2D eigenvalue weighted by atomic mass is 127. The summed E-state index contributed by atoms with van der Waals surface area (Å²) in [6.45, 7) is 5.59. The van der Waals surface area contributed by atoms with Crippen LogP contribution in [0.25, 0.3) is 0 Å². The lowest BCUT2D eigenvalue weighted by atomic mass is 9.96. The van der Waals surface area contributed by atoms with Crippen LogP contribution in [0.15, 0.2) is 59.7 Å². The first-order valence-corrected chi connectivity index (χ1v) is 8.32. The Morgan fingerprint density at radius 2 is 1.84 bits per heavy atom. The molecule has 2 aromatic rings. The van der Waals surface area contributed by atoms with Crippen molar-refractivity contribution in [1.29, 1.82) is 0 Å². The van der Waals surface area contributed by atoms with Crippen molar-refractivity contribution in [1.82, 2.24) is 15.6 Å². The SMILES string of the molecule is CCNC(=NCC(C)(O)c1ccccc1)NCCc1ccccn1.I. The molecular formula is C19H27IN4O. The molecule has 1 aromatic carbocycles. The minimum Gasteiger partial charge on any atom is -0.384 e. The third kappa shape index (κ3) is 7.39. The maximum Gasteiger partial charge on any atom is 0.191 e. The van der Waals surface area contributed by atoms with E-state index in [-0.39, 0.29) is 30.5 Å². The maximum absolute atomic E-state index is 10.6. The van der Waals surface area contributed by atoms with Crippen molar-refractivity contribution in [2.75, 3.05) is 19.6 Å². The van der Waals surface area contributed by atoms with Crippen molar-refractivity contribution < 1.29 is 5.11 Å². The molecule has 5 nitrogen and oxygen atoms in total. The van der Waals surface area contributed by atoms with Gasteiger partial charge in [0.2, 0.25) is 0 Å². The van der Waals surface area contributed by atoms with Crippen molar-refractivity contribution in [3.63, 3.8) is 0 Å². The fraction of sp³-hybridized carbons (Fsp3) is 0.368. The Bertz CT molecular complexity index is 632. The lowest BCUT2D eigenvalue weighted by Gasteiger charge is -2.22. The molecule has 0 bridgehead atoms. The molecule has 25 heavy (non-hydrogen) atoms. The summed E-state index contributed by atoms with van der Waals surface area (Å²) in [7, 11) is 0. The summed E-state index contributed by atoms with van der Waals surface area (Å²) in [6, 6.07) is 15.5. The van der Waals surface area contributed by atoms with Crippen LogP contribution >= 0.6 is 24.0 Å². The molecule has 0 saturated heterocycles. The van der Waals surface area contributed by atoms with Crippen molar-refractivity contribution in [3.8, 4) is 0 Å². The molecule has 0 amide bonds. The van der Waals surface area contributed by atoms with Crippen LogP contribution in [0.3, 0.4) is 0 Å². The highest BCUT2D eigenvalue weighted by Gasteiger charge is 2.22. The molecule has 0 aliphatic heterocycles. The molecule has 6 heteroatoms. The van der Waals surface area contributed by atoms with Gasteiger partial charge in [-0.05, 0) is 31.5 Å². The first kappa shape index (κ1) is 21.4. The van der Waals surface area contributed by atoms with Crippen LogP contribution in [0.1, 0.15) is 25.1 Å². The van der Waals surface area contributed by atoms with Crippen molar-refractivity contribution in [2.45, 2.75) is 25.9 Å². The average Bonchev–Trinajstić information content (AvgIpc) is 2.61. The van der Waals surface area contributed by atoms with Gasteiger partial charge in [-0.3, -0.25) is 4.98 Å². The number of pyridine rings is 1. The second-order valence-corrected chi connectivity index (χ2v) is 5.83. The molecule has 1 unspecified atom stereocenters. The molecular weight excluding hydrogens is 427 g/mol. The van der Waals surface area contributed by atoms with E-state index < -0.39 is 5.60 Å². The van der Waals surface area contributed by atoms with Crippen LogP contribution in [-0.4, -0.2) is 35.7 Å². The zero-order chi connectivity index (χ0) is 17.3. The van der Waals surface area contributed by atoms with Gasteiger partial charge in [-0.15, -0.1) is 24.0 Å². The molecule has 0 aliphatic rings. The van der Waals surface area contributed by atoms with Crippen molar-refractivity contribution >= 4 is 29.9 Å². The molecule has 3 N–H and O–H groups in total. The average molecular weight is 454 g/mol. The first-order valence-electron chi connectivity index (χ1n) is 8.32. The number of rotatable bonds is 7. The van der Waals surface area contributed by atoms with E-state index in [0.717, 1.165) is 30.8 Å². The normalized spacial score (nSPS) is 13.5. The Balaban J connectivity index is 0.00000312. The van der Waals surface area contributed by atoms with Gasteiger partial charge in [0, 0.05) is 31.4 Å². The zero-order valence-electron chi connectivity index (χ0n) is 14.8. The third-order valence-electron chi connectivity index (χ3n) is 3.68. The van der Waals surface area contributed by atoms with Crippen LogP contribution in [0.4, 0.5) is 0 Å². The van der Waals surface area contributed by atoms with Crippen LogP contribution < -0.4 is 10.6 Å². The fourth-order valence-electron chi connectivity index (χ4n) is 2.32. The number of guanidine groups is 1. The van der Waals surface area contributed by atoms with Gasteiger partial charge in [-0.1, -0.05) is 36.4 Å². The lowest BCUT2D eigenvalue weighted by molar-refractivity contribution is 0.0672. The Kier molecular flexibility index (Phi) is 9.44. The molecule has 0 spiro atoms.